The molecule has 2 rings (SSSR count). The van der Waals surface area contributed by atoms with Crippen molar-refractivity contribution in [2.45, 2.75) is 49.6 Å². The largest absolute Gasteiger partial charge is 0.416 e. The molecule has 0 spiro atoms. The molecule has 5 heteroatoms. The van der Waals surface area contributed by atoms with Crippen LogP contribution in [0, 0.1) is 0 Å². The molecule has 0 aromatic heterocycles. The van der Waals surface area contributed by atoms with Crippen molar-refractivity contribution in [1.29, 1.82) is 0 Å². The van der Waals surface area contributed by atoms with Gasteiger partial charge in [0.05, 0.1) is 5.56 Å². The van der Waals surface area contributed by atoms with E-state index in [2.05, 4.69) is 0 Å². The predicted molar refractivity (Wildman–Crippen MR) is 77.7 cm³/mol. The summed E-state index contributed by atoms with van der Waals surface area (Å²) in [6.07, 6.45) is 1.73. The van der Waals surface area contributed by atoms with Gasteiger partial charge in [0.1, 0.15) is 0 Å². The number of thioether (sulfide) groups is 1. The Balaban J connectivity index is 2.00. The summed E-state index contributed by atoms with van der Waals surface area (Å²) in [5, 5.41) is 0.563. The van der Waals surface area contributed by atoms with Gasteiger partial charge < -0.3 is 5.73 Å². The monoisotopic (exact) mass is 303 g/mol. The molecule has 20 heavy (non-hydrogen) atoms. The Bertz CT molecular complexity index is 427. The van der Waals surface area contributed by atoms with E-state index in [0.717, 1.165) is 18.9 Å². The fourth-order valence-corrected chi connectivity index (χ4v) is 3.97. The van der Waals surface area contributed by atoms with Crippen molar-refractivity contribution in [3.8, 4) is 0 Å². The lowest BCUT2D eigenvalue weighted by Crippen LogP contribution is -2.21. The Morgan fingerprint density at radius 2 is 1.80 bits per heavy atom. The molecular weight excluding hydrogens is 283 g/mol. The van der Waals surface area contributed by atoms with Gasteiger partial charge >= 0.3 is 6.18 Å². The molecule has 0 aliphatic heterocycles. The first-order chi connectivity index (χ1) is 9.48. The lowest BCUT2D eigenvalue weighted by Gasteiger charge is -2.24. The number of benzene rings is 1. The van der Waals surface area contributed by atoms with Crippen LogP contribution in [-0.4, -0.2) is 11.0 Å². The molecule has 0 saturated heterocycles. The molecule has 1 fully saturated rings. The predicted octanol–water partition coefficient (Wildman–Crippen LogP) is 4.77. The number of halogens is 3. The highest BCUT2D eigenvalue weighted by molar-refractivity contribution is 7.99. The molecule has 0 amide bonds. The standard InChI is InChI=1S/C15H20F3NS/c16-15(17,18)13-9-5-4-8-12(13)14(19)10-20-11-6-2-1-3-7-11/h4-5,8-9,11,14H,1-3,6-7,10,19H2. The lowest BCUT2D eigenvalue weighted by atomic mass is 10.0. The summed E-state index contributed by atoms with van der Waals surface area (Å²) in [6, 6.07) is 5.08. The molecule has 1 aliphatic carbocycles. The number of hydrogen-bond donors (Lipinski definition) is 1. The van der Waals surface area contributed by atoms with Crippen molar-refractivity contribution in [2.75, 3.05) is 5.75 Å². The maximum Gasteiger partial charge on any atom is 0.416 e. The van der Waals surface area contributed by atoms with Gasteiger partial charge in [-0.3, -0.25) is 0 Å². The van der Waals surface area contributed by atoms with Crippen LogP contribution in [0.4, 0.5) is 13.2 Å². The van der Waals surface area contributed by atoms with E-state index in [1.165, 1.54) is 31.4 Å². The SMILES string of the molecule is NC(CSC1CCCCC1)c1ccccc1C(F)(F)F. The van der Waals surface area contributed by atoms with Crippen LogP contribution in [0.1, 0.15) is 49.3 Å². The van der Waals surface area contributed by atoms with Crippen molar-refractivity contribution < 1.29 is 13.2 Å². The topological polar surface area (TPSA) is 26.0 Å². The molecule has 112 valence electrons. The van der Waals surface area contributed by atoms with Gasteiger partial charge in [-0.2, -0.15) is 24.9 Å². The van der Waals surface area contributed by atoms with Crippen LogP contribution in [0.2, 0.25) is 0 Å². The average molecular weight is 303 g/mol. The van der Waals surface area contributed by atoms with E-state index in [4.69, 9.17) is 5.73 Å². The number of hydrogen-bond acceptors (Lipinski definition) is 2. The zero-order valence-electron chi connectivity index (χ0n) is 11.3. The third-order valence-corrected chi connectivity index (χ3v) is 5.22. The van der Waals surface area contributed by atoms with E-state index in [-0.39, 0.29) is 5.56 Å². The zero-order valence-corrected chi connectivity index (χ0v) is 12.1. The van der Waals surface area contributed by atoms with E-state index in [0.29, 0.717) is 11.0 Å². The smallest absolute Gasteiger partial charge is 0.323 e. The second-order valence-electron chi connectivity index (χ2n) is 5.28. The van der Waals surface area contributed by atoms with Crippen molar-refractivity contribution >= 4 is 11.8 Å². The van der Waals surface area contributed by atoms with E-state index >= 15 is 0 Å². The van der Waals surface area contributed by atoms with Gasteiger partial charge in [-0.1, -0.05) is 37.5 Å². The second kappa shape index (κ2) is 6.85. The van der Waals surface area contributed by atoms with E-state index < -0.39 is 17.8 Å². The highest BCUT2D eigenvalue weighted by Gasteiger charge is 2.34. The van der Waals surface area contributed by atoms with Crippen LogP contribution >= 0.6 is 11.8 Å². The minimum absolute atomic E-state index is 0.211. The van der Waals surface area contributed by atoms with Gasteiger partial charge in [0.2, 0.25) is 0 Å². The van der Waals surface area contributed by atoms with Crippen molar-refractivity contribution in [3.63, 3.8) is 0 Å². The summed E-state index contributed by atoms with van der Waals surface area (Å²) in [7, 11) is 0. The summed E-state index contributed by atoms with van der Waals surface area (Å²) in [5.41, 5.74) is 5.60. The van der Waals surface area contributed by atoms with Crippen LogP contribution < -0.4 is 5.73 Å². The second-order valence-corrected chi connectivity index (χ2v) is 6.62. The maximum atomic E-state index is 12.9. The summed E-state index contributed by atoms with van der Waals surface area (Å²) in [4.78, 5) is 0. The fourth-order valence-electron chi connectivity index (χ4n) is 2.64. The normalized spacial score (nSPS) is 19.0. The van der Waals surface area contributed by atoms with Gasteiger partial charge in [-0.25, -0.2) is 0 Å². The van der Waals surface area contributed by atoms with Gasteiger partial charge in [0.25, 0.3) is 0 Å². The molecule has 1 saturated carbocycles. The Morgan fingerprint density at radius 1 is 1.15 bits per heavy atom. The molecule has 0 heterocycles. The first kappa shape index (κ1) is 15.7. The summed E-state index contributed by atoms with van der Waals surface area (Å²) in [6.45, 7) is 0. The molecule has 0 radical (unpaired) electrons. The van der Waals surface area contributed by atoms with E-state index in [1.807, 2.05) is 0 Å². The van der Waals surface area contributed by atoms with Gasteiger partial charge in [0, 0.05) is 17.0 Å². The fraction of sp³-hybridized carbons (Fsp3) is 0.600. The quantitative estimate of drug-likeness (QED) is 0.867. The minimum Gasteiger partial charge on any atom is -0.323 e. The third kappa shape index (κ3) is 4.16. The number of rotatable bonds is 4. The molecule has 1 aromatic rings. The number of nitrogens with two attached hydrogens (primary N) is 1. The first-order valence-corrected chi connectivity index (χ1v) is 8.06. The Labute approximate surface area is 122 Å². The minimum atomic E-state index is -4.33. The summed E-state index contributed by atoms with van der Waals surface area (Å²) in [5.74, 6) is 0.553. The molecule has 2 N–H and O–H groups in total. The Kier molecular flexibility index (Phi) is 5.38. The molecule has 1 aromatic carbocycles. The summed E-state index contributed by atoms with van der Waals surface area (Å²) >= 11 is 1.73. The zero-order chi connectivity index (χ0) is 14.6. The summed E-state index contributed by atoms with van der Waals surface area (Å²) < 4.78 is 38.8. The van der Waals surface area contributed by atoms with Crippen LogP contribution in [0.15, 0.2) is 24.3 Å². The van der Waals surface area contributed by atoms with Gasteiger partial charge in [-0.15, -0.1) is 0 Å². The highest BCUT2D eigenvalue weighted by Crippen LogP contribution is 2.36. The van der Waals surface area contributed by atoms with Crippen LogP contribution in [0.25, 0.3) is 0 Å². The number of alkyl halides is 3. The van der Waals surface area contributed by atoms with Crippen molar-refractivity contribution in [2.24, 2.45) is 5.73 Å². The first-order valence-electron chi connectivity index (χ1n) is 7.02. The lowest BCUT2D eigenvalue weighted by molar-refractivity contribution is -0.138. The Hall–Kier alpha value is -0.680. The van der Waals surface area contributed by atoms with E-state index in [1.54, 1.807) is 17.8 Å². The van der Waals surface area contributed by atoms with E-state index in [9.17, 15) is 13.2 Å². The molecule has 1 aliphatic rings. The van der Waals surface area contributed by atoms with Gasteiger partial charge in [-0.05, 0) is 24.5 Å². The molecule has 1 atom stereocenters. The van der Waals surface area contributed by atoms with Crippen molar-refractivity contribution in [3.05, 3.63) is 35.4 Å². The van der Waals surface area contributed by atoms with Crippen LogP contribution in [0.3, 0.4) is 0 Å². The highest BCUT2D eigenvalue weighted by atomic mass is 32.2. The maximum absolute atomic E-state index is 12.9. The van der Waals surface area contributed by atoms with Gasteiger partial charge in [0.15, 0.2) is 0 Å². The van der Waals surface area contributed by atoms with Crippen LogP contribution in [-0.2, 0) is 6.18 Å². The van der Waals surface area contributed by atoms with Crippen LogP contribution in [0.5, 0.6) is 0 Å². The Morgan fingerprint density at radius 3 is 2.45 bits per heavy atom. The molecular formula is C15H20F3NS. The van der Waals surface area contributed by atoms with Crippen molar-refractivity contribution in [1.82, 2.24) is 0 Å². The molecule has 1 unspecified atom stereocenters. The third-order valence-electron chi connectivity index (χ3n) is 3.73. The molecule has 0 bridgehead atoms. The average Bonchev–Trinajstić information content (AvgIpc) is 2.45. The molecule has 1 nitrogen and oxygen atoms in total.